The van der Waals surface area contributed by atoms with Crippen LogP contribution in [-0.2, 0) is 9.53 Å². The number of esters is 1. The molecule has 2 atom stereocenters. The van der Waals surface area contributed by atoms with E-state index in [0.717, 1.165) is 19.6 Å². The summed E-state index contributed by atoms with van der Waals surface area (Å²) in [4.78, 5) is 13.4. The third kappa shape index (κ3) is 2.42. The van der Waals surface area contributed by atoms with Crippen molar-refractivity contribution in [3.05, 3.63) is 0 Å². The van der Waals surface area contributed by atoms with Crippen molar-refractivity contribution in [3.63, 3.8) is 0 Å². The Hall–Kier alpha value is -0.610. The fourth-order valence-electron chi connectivity index (χ4n) is 1.74. The Morgan fingerprint density at radius 1 is 1.69 bits per heavy atom. The van der Waals surface area contributed by atoms with Crippen molar-refractivity contribution in [2.24, 2.45) is 0 Å². The van der Waals surface area contributed by atoms with Crippen LogP contribution in [-0.4, -0.2) is 49.7 Å². The minimum absolute atomic E-state index is 0.123. The highest BCUT2D eigenvalue weighted by molar-refractivity contribution is 5.75. The second-order valence-corrected chi connectivity index (χ2v) is 3.49. The summed E-state index contributed by atoms with van der Waals surface area (Å²) in [5, 5.41) is 3.28. The lowest BCUT2D eigenvalue weighted by atomic mass is 10.1. The molecule has 1 saturated heterocycles. The lowest BCUT2D eigenvalue weighted by molar-refractivity contribution is -0.147. The van der Waals surface area contributed by atoms with Crippen molar-refractivity contribution in [1.29, 1.82) is 0 Å². The number of nitrogens with one attached hydrogen (secondary N) is 1. The first-order valence-corrected chi connectivity index (χ1v) is 4.71. The molecule has 0 aliphatic carbocycles. The number of rotatable bonds is 2. The van der Waals surface area contributed by atoms with Gasteiger partial charge in [0.25, 0.3) is 0 Å². The normalized spacial score (nSPS) is 26.8. The average Bonchev–Trinajstić information content (AvgIpc) is 2.16. The quantitative estimate of drug-likeness (QED) is 0.609. The number of carbonyl (C=O) groups excluding carboxylic acids is 1. The second kappa shape index (κ2) is 4.58. The molecule has 1 aliphatic heterocycles. The van der Waals surface area contributed by atoms with E-state index in [9.17, 15) is 4.79 Å². The van der Waals surface area contributed by atoms with Gasteiger partial charge in [-0.25, -0.2) is 0 Å². The molecule has 0 aromatic rings. The van der Waals surface area contributed by atoms with Crippen molar-refractivity contribution in [1.82, 2.24) is 10.2 Å². The number of nitrogens with zero attached hydrogens (tertiary/aromatic N) is 1. The molecule has 1 heterocycles. The van der Waals surface area contributed by atoms with Gasteiger partial charge in [-0.15, -0.1) is 0 Å². The Bertz CT molecular complexity index is 184. The van der Waals surface area contributed by atoms with Crippen molar-refractivity contribution in [2.45, 2.75) is 25.9 Å². The van der Waals surface area contributed by atoms with Gasteiger partial charge in [0.05, 0.1) is 7.11 Å². The van der Waals surface area contributed by atoms with Crippen LogP contribution in [0.4, 0.5) is 0 Å². The number of methoxy groups -OCH3 is 1. The van der Waals surface area contributed by atoms with Crippen LogP contribution in [0.25, 0.3) is 0 Å². The van der Waals surface area contributed by atoms with Crippen LogP contribution in [0.5, 0.6) is 0 Å². The van der Waals surface area contributed by atoms with Crippen LogP contribution in [0.3, 0.4) is 0 Å². The van der Waals surface area contributed by atoms with E-state index in [0.29, 0.717) is 6.04 Å². The van der Waals surface area contributed by atoms with E-state index in [-0.39, 0.29) is 12.0 Å². The van der Waals surface area contributed by atoms with Crippen LogP contribution in [0.1, 0.15) is 13.8 Å². The molecule has 13 heavy (non-hydrogen) atoms. The van der Waals surface area contributed by atoms with Crippen LogP contribution in [0.15, 0.2) is 0 Å². The van der Waals surface area contributed by atoms with Gasteiger partial charge in [-0.2, -0.15) is 0 Å². The van der Waals surface area contributed by atoms with Gasteiger partial charge in [-0.3, -0.25) is 9.69 Å². The van der Waals surface area contributed by atoms with E-state index in [4.69, 9.17) is 4.74 Å². The Balaban J connectivity index is 2.53. The third-order valence-corrected chi connectivity index (χ3v) is 2.59. The van der Waals surface area contributed by atoms with E-state index in [1.165, 1.54) is 7.11 Å². The predicted octanol–water partition coefficient (Wildman–Crippen LogP) is -0.158. The second-order valence-electron chi connectivity index (χ2n) is 3.49. The summed E-state index contributed by atoms with van der Waals surface area (Å²) in [5.41, 5.74) is 0. The Kier molecular flexibility index (Phi) is 3.69. The molecule has 0 spiro atoms. The summed E-state index contributed by atoms with van der Waals surface area (Å²) in [7, 11) is 1.44. The highest BCUT2D eigenvalue weighted by Crippen LogP contribution is 2.08. The topological polar surface area (TPSA) is 41.6 Å². The maximum Gasteiger partial charge on any atom is 0.322 e. The van der Waals surface area contributed by atoms with Crippen LogP contribution >= 0.6 is 0 Å². The van der Waals surface area contributed by atoms with Crippen LogP contribution < -0.4 is 5.32 Å². The zero-order chi connectivity index (χ0) is 9.84. The first-order chi connectivity index (χ1) is 6.16. The molecule has 1 rings (SSSR count). The molecule has 0 amide bonds. The summed E-state index contributed by atoms with van der Waals surface area (Å²) in [5.74, 6) is -0.145. The summed E-state index contributed by atoms with van der Waals surface area (Å²) in [6.07, 6.45) is 0. The van der Waals surface area contributed by atoms with Gasteiger partial charge >= 0.3 is 5.97 Å². The fraction of sp³-hybridized carbons (Fsp3) is 0.889. The number of hydrogen-bond acceptors (Lipinski definition) is 4. The van der Waals surface area contributed by atoms with Crippen molar-refractivity contribution >= 4 is 5.97 Å². The standard InChI is InChI=1S/C9H18N2O2/c1-7-6-10-4-5-11(7)8(2)9(12)13-3/h7-8,10H,4-6H2,1-3H3/t7-,8?/m0/s1. The molecule has 1 N–H and O–H groups in total. The Labute approximate surface area is 79.2 Å². The van der Waals surface area contributed by atoms with Gasteiger partial charge in [0.1, 0.15) is 6.04 Å². The first kappa shape index (κ1) is 10.5. The molecule has 1 unspecified atom stereocenters. The molecule has 4 heteroatoms. The highest BCUT2D eigenvalue weighted by atomic mass is 16.5. The van der Waals surface area contributed by atoms with Crippen molar-refractivity contribution in [2.75, 3.05) is 26.7 Å². The monoisotopic (exact) mass is 186 g/mol. The van der Waals surface area contributed by atoms with Gasteiger partial charge in [-0.1, -0.05) is 0 Å². The molecular weight excluding hydrogens is 168 g/mol. The zero-order valence-electron chi connectivity index (χ0n) is 8.54. The fourth-order valence-corrected chi connectivity index (χ4v) is 1.74. The minimum atomic E-state index is -0.145. The largest absolute Gasteiger partial charge is 0.468 e. The van der Waals surface area contributed by atoms with Gasteiger partial charge < -0.3 is 10.1 Å². The van der Waals surface area contributed by atoms with Crippen LogP contribution in [0.2, 0.25) is 0 Å². The number of hydrogen-bond donors (Lipinski definition) is 1. The molecular formula is C9H18N2O2. The molecule has 4 nitrogen and oxygen atoms in total. The van der Waals surface area contributed by atoms with E-state index >= 15 is 0 Å². The molecule has 0 aromatic heterocycles. The van der Waals surface area contributed by atoms with E-state index in [2.05, 4.69) is 17.1 Å². The van der Waals surface area contributed by atoms with E-state index < -0.39 is 0 Å². The average molecular weight is 186 g/mol. The zero-order valence-corrected chi connectivity index (χ0v) is 8.54. The smallest absolute Gasteiger partial charge is 0.322 e. The number of carbonyl (C=O) groups is 1. The molecule has 1 fully saturated rings. The van der Waals surface area contributed by atoms with Gasteiger partial charge in [0.2, 0.25) is 0 Å². The maximum atomic E-state index is 11.3. The SMILES string of the molecule is COC(=O)C(C)N1CCNC[C@@H]1C. The van der Waals surface area contributed by atoms with E-state index in [1.807, 2.05) is 6.92 Å². The highest BCUT2D eigenvalue weighted by Gasteiger charge is 2.27. The molecule has 1 aliphatic rings. The van der Waals surface area contributed by atoms with E-state index in [1.54, 1.807) is 0 Å². The molecule has 0 radical (unpaired) electrons. The first-order valence-electron chi connectivity index (χ1n) is 4.71. The third-order valence-electron chi connectivity index (χ3n) is 2.59. The van der Waals surface area contributed by atoms with Crippen LogP contribution in [0, 0.1) is 0 Å². The van der Waals surface area contributed by atoms with Gasteiger partial charge in [0, 0.05) is 25.7 Å². The summed E-state index contributed by atoms with van der Waals surface area (Å²) < 4.78 is 4.71. The number of ether oxygens (including phenoxy) is 1. The molecule has 0 aromatic carbocycles. The van der Waals surface area contributed by atoms with Crippen molar-refractivity contribution < 1.29 is 9.53 Å². The lowest BCUT2D eigenvalue weighted by Gasteiger charge is -2.36. The lowest BCUT2D eigenvalue weighted by Crippen LogP contribution is -2.55. The Morgan fingerprint density at radius 3 is 2.92 bits per heavy atom. The summed E-state index contributed by atoms with van der Waals surface area (Å²) in [6, 6.07) is 0.282. The Morgan fingerprint density at radius 2 is 2.38 bits per heavy atom. The van der Waals surface area contributed by atoms with Gasteiger partial charge in [-0.05, 0) is 13.8 Å². The molecule has 0 saturated carbocycles. The maximum absolute atomic E-state index is 11.3. The number of piperazine rings is 1. The molecule has 76 valence electrons. The molecule has 0 bridgehead atoms. The summed E-state index contributed by atoms with van der Waals surface area (Å²) >= 11 is 0. The van der Waals surface area contributed by atoms with Gasteiger partial charge in [0.15, 0.2) is 0 Å². The minimum Gasteiger partial charge on any atom is -0.468 e. The predicted molar refractivity (Wildman–Crippen MR) is 50.5 cm³/mol. The summed E-state index contributed by atoms with van der Waals surface area (Å²) in [6.45, 7) is 6.82. The van der Waals surface area contributed by atoms with Crippen molar-refractivity contribution in [3.8, 4) is 0 Å².